The van der Waals surface area contributed by atoms with Crippen molar-refractivity contribution in [1.82, 2.24) is 10.6 Å². The molecule has 0 aromatic heterocycles. The second-order valence-corrected chi connectivity index (χ2v) is 6.65. The molecular formula is C21H36IN3O2. The first-order valence-electron chi connectivity index (χ1n) is 10.1. The van der Waals surface area contributed by atoms with Crippen molar-refractivity contribution in [2.75, 3.05) is 39.5 Å². The van der Waals surface area contributed by atoms with Crippen molar-refractivity contribution in [1.29, 1.82) is 0 Å². The van der Waals surface area contributed by atoms with E-state index in [-0.39, 0.29) is 30.1 Å². The summed E-state index contributed by atoms with van der Waals surface area (Å²) in [5, 5.41) is 6.78. The number of guanidine groups is 1. The van der Waals surface area contributed by atoms with Crippen LogP contribution in [-0.4, -0.2) is 45.4 Å². The molecule has 2 atom stereocenters. The van der Waals surface area contributed by atoms with Crippen LogP contribution in [-0.2, 0) is 9.47 Å². The molecule has 0 aliphatic carbocycles. The topological polar surface area (TPSA) is 54.9 Å². The van der Waals surface area contributed by atoms with E-state index in [1.54, 1.807) is 0 Å². The number of benzene rings is 1. The maximum absolute atomic E-state index is 6.08. The van der Waals surface area contributed by atoms with Crippen molar-refractivity contribution in [3.8, 4) is 0 Å². The highest BCUT2D eigenvalue weighted by Crippen LogP contribution is 2.33. The minimum absolute atomic E-state index is 0. The molecule has 0 spiro atoms. The molecule has 2 rings (SSSR count). The lowest BCUT2D eigenvalue weighted by molar-refractivity contribution is -0.0250. The second-order valence-electron chi connectivity index (χ2n) is 6.65. The number of aliphatic imine (C=N–C) groups is 1. The van der Waals surface area contributed by atoms with E-state index in [0.29, 0.717) is 5.92 Å². The zero-order chi connectivity index (χ0) is 18.5. The minimum atomic E-state index is 0. The van der Waals surface area contributed by atoms with E-state index >= 15 is 0 Å². The molecule has 1 fully saturated rings. The largest absolute Gasteiger partial charge is 0.382 e. The van der Waals surface area contributed by atoms with Gasteiger partial charge in [0.25, 0.3) is 0 Å². The lowest BCUT2D eigenvalue weighted by Gasteiger charge is -2.31. The Morgan fingerprint density at radius 2 is 2.00 bits per heavy atom. The van der Waals surface area contributed by atoms with E-state index in [1.807, 2.05) is 6.92 Å². The minimum Gasteiger partial charge on any atom is -0.382 e. The summed E-state index contributed by atoms with van der Waals surface area (Å²) in [7, 11) is 0. The Hall–Kier alpha value is -0.860. The quantitative estimate of drug-likeness (QED) is 0.225. The molecule has 6 heteroatoms. The van der Waals surface area contributed by atoms with Gasteiger partial charge in [0.2, 0.25) is 0 Å². The Labute approximate surface area is 181 Å². The second kappa shape index (κ2) is 15.1. The van der Waals surface area contributed by atoms with Crippen LogP contribution in [0.3, 0.4) is 0 Å². The summed E-state index contributed by atoms with van der Waals surface area (Å²) in [5.74, 6) is 1.33. The molecule has 1 heterocycles. The molecule has 27 heavy (non-hydrogen) atoms. The summed E-state index contributed by atoms with van der Waals surface area (Å²) in [5.41, 5.74) is 1.27. The maximum atomic E-state index is 6.08. The normalized spacial score (nSPS) is 20.0. The van der Waals surface area contributed by atoms with Gasteiger partial charge in [-0.3, -0.25) is 4.99 Å². The van der Waals surface area contributed by atoms with Crippen molar-refractivity contribution >= 4 is 29.9 Å². The standard InChI is InChI=1S/C21H35N3O2.HI/c1-3-22-21(23-14-8-9-15-25-4-2)24-17-19-13-10-16-26-20(19)18-11-6-5-7-12-18;/h5-7,11-12,19-20H,3-4,8-10,13-17H2,1-2H3,(H2,22,23,24);1H. The van der Waals surface area contributed by atoms with Gasteiger partial charge in [-0.1, -0.05) is 30.3 Å². The third-order valence-electron chi connectivity index (χ3n) is 4.61. The fourth-order valence-electron chi connectivity index (χ4n) is 3.27. The molecule has 0 amide bonds. The number of hydrogen-bond acceptors (Lipinski definition) is 3. The molecular weight excluding hydrogens is 453 g/mol. The summed E-state index contributed by atoms with van der Waals surface area (Å²) < 4.78 is 11.5. The first-order valence-corrected chi connectivity index (χ1v) is 10.1. The van der Waals surface area contributed by atoms with Gasteiger partial charge in [-0.25, -0.2) is 0 Å². The predicted octanol–water partition coefficient (Wildman–Crippen LogP) is 4.14. The van der Waals surface area contributed by atoms with Gasteiger partial charge in [-0.15, -0.1) is 24.0 Å². The van der Waals surface area contributed by atoms with Gasteiger partial charge in [0.15, 0.2) is 5.96 Å². The van der Waals surface area contributed by atoms with Crippen molar-refractivity contribution in [3.63, 3.8) is 0 Å². The average molecular weight is 489 g/mol. The molecule has 2 N–H and O–H groups in total. The van der Waals surface area contributed by atoms with Gasteiger partial charge >= 0.3 is 0 Å². The average Bonchev–Trinajstić information content (AvgIpc) is 2.69. The third-order valence-corrected chi connectivity index (χ3v) is 4.61. The van der Waals surface area contributed by atoms with Crippen LogP contribution in [0.1, 0.15) is 51.2 Å². The summed E-state index contributed by atoms with van der Waals surface area (Å²) in [6, 6.07) is 10.5. The van der Waals surface area contributed by atoms with Crippen LogP contribution in [0.2, 0.25) is 0 Å². The Bertz CT molecular complexity index is 513. The summed E-state index contributed by atoms with van der Waals surface area (Å²) in [6.07, 6.45) is 4.60. The van der Waals surface area contributed by atoms with Crippen LogP contribution in [0.5, 0.6) is 0 Å². The molecule has 1 saturated heterocycles. The fraction of sp³-hybridized carbons (Fsp3) is 0.667. The fourth-order valence-corrected chi connectivity index (χ4v) is 3.27. The van der Waals surface area contributed by atoms with E-state index in [2.05, 4.69) is 47.9 Å². The van der Waals surface area contributed by atoms with Crippen molar-refractivity contribution < 1.29 is 9.47 Å². The van der Waals surface area contributed by atoms with Gasteiger partial charge in [-0.05, 0) is 45.1 Å². The van der Waals surface area contributed by atoms with Gasteiger partial charge in [0.05, 0.1) is 6.10 Å². The Balaban J connectivity index is 0.00000364. The number of halogens is 1. The molecule has 1 aliphatic heterocycles. The van der Waals surface area contributed by atoms with Crippen LogP contribution in [0.25, 0.3) is 0 Å². The van der Waals surface area contributed by atoms with Gasteiger partial charge in [0, 0.05) is 45.4 Å². The summed E-state index contributed by atoms with van der Waals surface area (Å²) in [4.78, 5) is 4.83. The highest BCUT2D eigenvalue weighted by atomic mass is 127. The van der Waals surface area contributed by atoms with Crippen molar-refractivity contribution in [2.24, 2.45) is 10.9 Å². The molecule has 2 unspecified atom stereocenters. The molecule has 1 aromatic rings. The number of rotatable bonds is 10. The number of nitrogens with one attached hydrogen (secondary N) is 2. The predicted molar refractivity (Wildman–Crippen MR) is 123 cm³/mol. The van der Waals surface area contributed by atoms with E-state index in [4.69, 9.17) is 14.5 Å². The Morgan fingerprint density at radius 3 is 2.74 bits per heavy atom. The van der Waals surface area contributed by atoms with Crippen LogP contribution in [0, 0.1) is 5.92 Å². The van der Waals surface area contributed by atoms with Crippen LogP contribution >= 0.6 is 24.0 Å². The van der Waals surface area contributed by atoms with Crippen LogP contribution < -0.4 is 10.6 Å². The number of ether oxygens (including phenoxy) is 2. The molecule has 154 valence electrons. The highest BCUT2D eigenvalue weighted by molar-refractivity contribution is 14.0. The number of nitrogens with zero attached hydrogens (tertiary/aromatic N) is 1. The first-order chi connectivity index (χ1) is 12.8. The van der Waals surface area contributed by atoms with Crippen LogP contribution in [0.15, 0.2) is 35.3 Å². The third kappa shape index (κ3) is 9.25. The Kier molecular flexibility index (Phi) is 13.5. The summed E-state index contributed by atoms with van der Waals surface area (Å²) in [6.45, 7) is 9.18. The molecule has 5 nitrogen and oxygen atoms in total. The summed E-state index contributed by atoms with van der Waals surface area (Å²) >= 11 is 0. The van der Waals surface area contributed by atoms with Crippen molar-refractivity contribution in [3.05, 3.63) is 35.9 Å². The SMILES string of the molecule is CCNC(=NCC1CCCOC1c1ccccc1)NCCCCOCC.I. The number of hydrogen-bond donors (Lipinski definition) is 2. The van der Waals surface area contributed by atoms with E-state index in [9.17, 15) is 0 Å². The maximum Gasteiger partial charge on any atom is 0.191 e. The zero-order valence-corrected chi connectivity index (χ0v) is 19.1. The van der Waals surface area contributed by atoms with Gasteiger partial charge in [0.1, 0.15) is 0 Å². The van der Waals surface area contributed by atoms with E-state index in [1.165, 1.54) is 5.56 Å². The smallest absolute Gasteiger partial charge is 0.191 e. The van der Waals surface area contributed by atoms with Crippen LogP contribution in [0.4, 0.5) is 0 Å². The molecule has 0 radical (unpaired) electrons. The molecule has 0 bridgehead atoms. The number of unbranched alkanes of at least 4 members (excludes halogenated alkanes) is 1. The van der Waals surface area contributed by atoms with Gasteiger partial charge < -0.3 is 20.1 Å². The van der Waals surface area contributed by atoms with E-state index in [0.717, 1.165) is 71.1 Å². The van der Waals surface area contributed by atoms with E-state index < -0.39 is 0 Å². The Morgan fingerprint density at radius 1 is 1.19 bits per heavy atom. The van der Waals surface area contributed by atoms with Gasteiger partial charge in [-0.2, -0.15) is 0 Å². The lowest BCUT2D eigenvalue weighted by atomic mass is 9.89. The zero-order valence-electron chi connectivity index (χ0n) is 16.8. The monoisotopic (exact) mass is 489 g/mol. The molecule has 1 aliphatic rings. The lowest BCUT2D eigenvalue weighted by Crippen LogP contribution is -2.38. The molecule has 0 saturated carbocycles. The molecule has 1 aromatic carbocycles. The highest BCUT2D eigenvalue weighted by Gasteiger charge is 2.27. The first kappa shape index (κ1) is 24.2. The van der Waals surface area contributed by atoms with Crippen molar-refractivity contribution in [2.45, 2.75) is 45.6 Å².